The maximum absolute atomic E-state index is 14.2. The molecule has 0 spiro atoms. The third-order valence-electron chi connectivity index (χ3n) is 12.0. The molecule has 68 heavy (non-hydrogen) atoms. The van der Waals surface area contributed by atoms with Crippen molar-refractivity contribution in [1.82, 2.24) is 5.32 Å². The predicted octanol–water partition coefficient (Wildman–Crippen LogP) is 4.65. The Morgan fingerprint density at radius 2 is 1.34 bits per heavy atom. The average molecular weight is 1040 g/mol. The van der Waals surface area contributed by atoms with E-state index < -0.39 is 111 Å². The van der Waals surface area contributed by atoms with E-state index in [-0.39, 0.29) is 59.3 Å². The largest absolute Gasteiger partial charge is 0.465 e. The summed E-state index contributed by atoms with van der Waals surface area (Å²) in [5.74, 6) is -2.88. The number of nitrogens with zero attached hydrogens (tertiary/aromatic N) is 2. The lowest BCUT2D eigenvalue weighted by atomic mass is 9.70. The van der Waals surface area contributed by atoms with Gasteiger partial charge in [0.15, 0.2) is 5.41 Å². The maximum atomic E-state index is 14.2. The van der Waals surface area contributed by atoms with Crippen LogP contribution in [0.5, 0.6) is 0 Å². The van der Waals surface area contributed by atoms with Crippen molar-refractivity contribution in [3.05, 3.63) is 94.7 Å². The first-order valence-corrected chi connectivity index (χ1v) is 27.7. The summed E-state index contributed by atoms with van der Waals surface area (Å²) in [6.45, 7) is 9.35. The molecule has 3 aliphatic rings. The molecule has 1 unspecified atom stereocenters. The molecule has 1 atom stereocenters. The smallest absolute Gasteiger partial charge is 0.322 e. The summed E-state index contributed by atoms with van der Waals surface area (Å²) in [5.41, 5.74) is -2.75. The quantitative estimate of drug-likeness (QED) is 0.0727. The molecule has 0 fully saturated rings. The van der Waals surface area contributed by atoms with E-state index in [1.54, 1.807) is 45.1 Å². The first kappa shape index (κ1) is 52.2. The third kappa shape index (κ3) is 9.97. The van der Waals surface area contributed by atoms with Gasteiger partial charge in [0.1, 0.15) is 9.79 Å². The summed E-state index contributed by atoms with van der Waals surface area (Å²) < 4.78 is 177. The zero-order valence-electron chi connectivity index (χ0n) is 37.1. The molecule has 368 valence electrons. The monoisotopic (exact) mass is 1040 g/mol. The van der Waals surface area contributed by atoms with Crippen LogP contribution < -0.4 is 10.2 Å². The van der Waals surface area contributed by atoms with Crippen LogP contribution in [-0.4, -0.2) is 108 Å². The molecule has 6 N–H and O–H groups in total. The maximum Gasteiger partial charge on any atom is 0.322 e. The molecule has 3 aromatic rings. The second kappa shape index (κ2) is 17.7. The number of rotatable bonds is 14. The predicted molar refractivity (Wildman–Crippen MR) is 247 cm³/mol. The Morgan fingerprint density at radius 3 is 1.90 bits per heavy atom. The van der Waals surface area contributed by atoms with E-state index in [1.165, 1.54) is 39.0 Å². The van der Waals surface area contributed by atoms with Crippen molar-refractivity contribution in [3.8, 4) is 0 Å². The summed E-state index contributed by atoms with van der Waals surface area (Å²) >= 11 is 0. The summed E-state index contributed by atoms with van der Waals surface area (Å²) in [7, 11) is -24.7. The summed E-state index contributed by atoms with van der Waals surface area (Å²) in [4.78, 5) is 31.3. The number of amides is 1. The number of hydrogen-bond acceptors (Lipinski definition) is 15. The number of carbonyl (C=O) groups is 2. The molecule has 3 aromatic carbocycles. The summed E-state index contributed by atoms with van der Waals surface area (Å²) in [6.07, 6.45) is 6.97. The fraction of sp³-hybridized carbons (Fsp3) is 0.357. The molecule has 0 saturated heterocycles. The average Bonchev–Trinajstić information content (AvgIpc) is 3.60. The Labute approximate surface area is 393 Å². The van der Waals surface area contributed by atoms with Gasteiger partial charge in [0.25, 0.3) is 50.6 Å². The topological polar surface area (TPSA) is 343 Å². The molecule has 0 bridgehead atoms. The van der Waals surface area contributed by atoms with Gasteiger partial charge in [-0.25, -0.2) is 0 Å². The van der Waals surface area contributed by atoms with Gasteiger partial charge in [-0.15, -0.1) is 0 Å². The fourth-order valence-corrected chi connectivity index (χ4v) is 12.1. The van der Waals surface area contributed by atoms with Gasteiger partial charge in [-0.3, -0.25) is 37.3 Å². The molecule has 2 aliphatic heterocycles. The molecule has 0 saturated carbocycles. The van der Waals surface area contributed by atoms with E-state index >= 15 is 0 Å². The molecule has 1 aliphatic carbocycles. The standard InChI is InChI=1S/C42H47N3O18S5/c1-7-45-31-12-11-28-29(18-26(65(51,52)53)20-32(28)67(57,58)59)36(31)41(5,6)35(45)14-10-25-17-24(22-42(23-25,39(47)63-8-2)38(46)43-15-16-64(48,49)50)9-13-34-40(3,4)37-30(44-34)19-27(66(54,55)56)21-33(37)68(60,61)62/h9-14,17-21H,7-8,15-16,22-23H2,1-6H3,(H,43,46)(H,48,49,50)(H,51,52,53)(H,54,55,56)(H,57,58,59)(H,60,61,62)/b13-9+,25-10-,35-14+. The van der Waals surface area contributed by atoms with Gasteiger partial charge in [0.2, 0.25) is 5.91 Å². The molecule has 6 rings (SSSR count). The molecule has 0 radical (unpaired) electrons. The number of ether oxygens (including phenoxy) is 1. The van der Waals surface area contributed by atoms with Crippen molar-refractivity contribution in [2.45, 2.75) is 84.8 Å². The van der Waals surface area contributed by atoms with Crippen LogP contribution in [0, 0.1) is 5.41 Å². The van der Waals surface area contributed by atoms with E-state index in [4.69, 9.17) is 4.74 Å². The minimum absolute atomic E-state index is 0.0422. The highest BCUT2D eigenvalue weighted by atomic mass is 32.2. The Kier molecular flexibility index (Phi) is 13.6. The molecule has 21 nitrogen and oxygen atoms in total. The lowest BCUT2D eigenvalue weighted by Gasteiger charge is -2.34. The SMILES string of the molecule is CCOC(=O)C1(C(=O)NCCS(=O)(=O)O)CC(/C=C/C2=Nc3cc(S(=O)(=O)O)cc(S(=O)(=O)O)c3C2(C)C)=CC(=C/C=C2/N(CC)c3ccc4c(S(=O)(=O)O)cc(S(=O)(=O)O)cc4c3C2(C)C)/C1. The number of likely N-dealkylation sites (N-methyl/N-ethyl adjacent to an activating group) is 1. The highest BCUT2D eigenvalue weighted by Gasteiger charge is 2.50. The number of fused-ring (bicyclic) bond motifs is 4. The van der Waals surface area contributed by atoms with Gasteiger partial charge < -0.3 is 15.0 Å². The Hall–Kier alpha value is -5.16. The van der Waals surface area contributed by atoms with Crippen LogP contribution in [0.3, 0.4) is 0 Å². The minimum atomic E-state index is -5.10. The van der Waals surface area contributed by atoms with Crippen molar-refractivity contribution >= 4 is 90.3 Å². The molecule has 1 amide bonds. The van der Waals surface area contributed by atoms with E-state index in [1.807, 2.05) is 4.90 Å². The number of aliphatic imine (C=N–C) groups is 1. The van der Waals surface area contributed by atoms with E-state index in [2.05, 4.69) is 10.3 Å². The van der Waals surface area contributed by atoms with Gasteiger partial charge in [-0.2, -0.15) is 42.1 Å². The van der Waals surface area contributed by atoms with Crippen LogP contribution >= 0.6 is 0 Å². The summed E-state index contributed by atoms with van der Waals surface area (Å²) in [5, 5.41) is 2.44. The van der Waals surface area contributed by atoms with Crippen molar-refractivity contribution in [2.75, 3.05) is 30.3 Å². The first-order chi connectivity index (χ1) is 31.1. The van der Waals surface area contributed by atoms with Gasteiger partial charge in [0.05, 0.1) is 33.5 Å². The van der Waals surface area contributed by atoms with Gasteiger partial charge >= 0.3 is 5.97 Å². The molecular formula is C42H47N3O18S5. The lowest BCUT2D eigenvalue weighted by molar-refractivity contribution is -0.161. The van der Waals surface area contributed by atoms with Gasteiger partial charge in [-0.1, -0.05) is 52.0 Å². The summed E-state index contributed by atoms with van der Waals surface area (Å²) in [6, 6.07) is 6.22. The highest BCUT2D eigenvalue weighted by molar-refractivity contribution is 7.87. The van der Waals surface area contributed by atoms with Crippen molar-refractivity contribution in [2.24, 2.45) is 10.4 Å². The first-order valence-electron chi connectivity index (χ1n) is 20.3. The second-order valence-electron chi connectivity index (χ2n) is 17.2. The molecule has 2 heterocycles. The molecular weight excluding hydrogens is 995 g/mol. The Bertz CT molecular complexity index is 3440. The van der Waals surface area contributed by atoms with Crippen LogP contribution in [0.1, 0.15) is 65.5 Å². The fourth-order valence-electron chi connectivity index (χ4n) is 8.95. The number of carbonyl (C=O) groups excluding carboxylic acids is 2. The Balaban J connectivity index is 1.54. The van der Waals surface area contributed by atoms with Gasteiger partial charge in [0, 0.05) is 46.3 Å². The van der Waals surface area contributed by atoms with Gasteiger partial charge in [-0.05, 0) is 91.3 Å². The zero-order chi connectivity index (χ0) is 51.0. The number of hydrogen-bond donors (Lipinski definition) is 6. The van der Waals surface area contributed by atoms with Crippen LogP contribution in [0.2, 0.25) is 0 Å². The molecule has 0 aromatic heterocycles. The van der Waals surface area contributed by atoms with Crippen molar-refractivity contribution in [3.63, 3.8) is 0 Å². The second-order valence-corrected chi connectivity index (χ2v) is 24.4. The van der Waals surface area contributed by atoms with Crippen LogP contribution in [0.25, 0.3) is 10.8 Å². The molecule has 26 heteroatoms. The number of nitrogens with one attached hydrogen (secondary N) is 1. The van der Waals surface area contributed by atoms with E-state index in [9.17, 15) is 74.4 Å². The third-order valence-corrected chi connectivity index (χ3v) is 16.1. The number of esters is 1. The number of anilines is 1. The van der Waals surface area contributed by atoms with Crippen LogP contribution in [0.15, 0.2) is 108 Å². The number of allylic oxidation sites excluding steroid dienone is 8. The Morgan fingerprint density at radius 1 is 0.735 bits per heavy atom. The van der Waals surface area contributed by atoms with Crippen molar-refractivity contribution < 1.29 is 79.2 Å². The van der Waals surface area contributed by atoms with E-state index in [0.717, 1.165) is 12.1 Å². The minimum Gasteiger partial charge on any atom is -0.465 e. The lowest BCUT2D eigenvalue weighted by Crippen LogP contribution is -2.49. The van der Waals surface area contributed by atoms with Crippen molar-refractivity contribution in [1.29, 1.82) is 0 Å². The number of benzene rings is 3. The zero-order valence-corrected chi connectivity index (χ0v) is 41.2. The van der Waals surface area contributed by atoms with Crippen LogP contribution in [-0.2, 0) is 75.7 Å². The van der Waals surface area contributed by atoms with Crippen LogP contribution in [0.4, 0.5) is 11.4 Å². The normalized spacial score (nSPS) is 20.7. The highest BCUT2D eigenvalue weighted by Crippen LogP contribution is 2.52. The van der Waals surface area contributed by atoms with E-state index in [0.29, 0.717) is 34.7 Å².